The molecule has 0 aliphatic rings. The Kier molecular flexibility index (Phi) is 5.36. The van der Waals surface area contributed by atoms with E-state index in [9.17, 15) is 18.4 Å². The lowest BCUT2D eigenvalue weighted by molar-refractivity contribution is -0.137. The van der Waals surface area contributed by atoms with Crippen molar-refractivity contribution in [1.29, 1.82) is 5.26 Å². The summed E-state index contributed by atoms with van der Waals surface area (Å²) in [6, 6.07) is 17.3. The van der Waals surface area contributed by atoms with Crippen molar-refractivity contribution >= 4 is 0 Å². The lowest BCUT2D eigenvalue weighted by Gasteiger charge is -2.11. The molecule has 0 radical (unpaired) electrons. The minimum Gasteiger partial charge on any atom is -0.439 e. The van der Waals surface area contributed by atoms with E-state index in [2.05, 4.69) is 18.8 Å². The summed E-state index contributed by atoms with van der Waals surface area (Å²) in [5.74, 6) is 0.437. The molecule has 0 fully saturated rings. The molecule has 0 spiro atoms. The summed E-state index contributed by atoms with van der Waals surface area (Å²) in [5.41, 5.74) is 1.96. The van der Waals surface area contributed by atoms with Crippen LogP contribution in [0.1, 0.15) is 36.5 Å². The monoisotopic (exact) mass is 382 g/mol. The molecule has 0 aliphatic carbocycles. The van der Waals surface area contributed by atoms with Crippen molar-refractivity contribution in [3.63, 3.8) is 0 Å². The van der Waals surface area contributed by atoms with Crippen molar-refractivity contribution in [2.45, 2.75) is 25.9 Å². The highest BCUT2D eigenvalue weighted by atomic mass is 19.4. The van der Waals surface area contributed by atoms with Crippen LogP contribution in [-0.2, 0) is 6.18 Å². The zero-order valence-electron chi connectivity index (χ0n) is 15.3. The van der Waals surface area contributed by atoms with E-state index in [4.69, 9.17) is 4.74 Å². The Labute approximate surface area is 161 Å². The van der Waals surface area contributed by atoms with Gasteiger partial charge in [0.2, 0.25) is 5.88 Å². The second-order valence-electron chi connectivity index (χ2n) is 6.60. The predicted octanol–water partition coefficient (Wildman–Crippen LogP) is 6.55. The van der Waals surface area contributed by atoms with Gasteiger partial charge < -0.3 is 4.74 Å². The van der Waals surface area contributed by atoms with Gasteiger partial charge in [-0.15, -0.1) is 0 Å². The first-order chi connectivity index (χ1) is 13.3. The zero-order chi connectivity index (χ0) is 20.3. The highest BCUT2D eigenvalue weighted by Gasteiger charge is 2.30. The van der Waals surface area contributed by atoms with Crippen LogP contribution >= 0.6 is 0 Å². The van der Waals surface area contributed by atoms with Crippen LogP contribution in [0, 0.1) is 11.3 Å². The summed E-state index contributed by atoms with van der Waals surface area (Å²) in [6.45, 7) is 4.18. The molecule has 142 valence electrons. The van der Waals surface area contributed by atoms with E-state index in [1.54, 1.807) is 6.07 Å². The summed E-state index contributed by atoms with van der Waals surface area (Å²) in [4.78, 5) is 4.36. The lowest BCUT2D eigenvalue weighted by Crippen LogP contribution is -2.04. The smallest absolute Gasteiger partial charge is 0.416 e. The van der Waals surface area contributed by atoms with Gasteiger partial charge in [0, 0.05) is 11.6 Å². The van der Waals surface area contributed by atoms with Crippen LogP contribution in [0.4, 0.5) is 13.2 Å². The van der Waals surface area contributed by atoms with Crippen molar-refractivity contribution in [1.82, 2.24) is 4.98 Å². The minimum atomic E-state index is -4.47. The number of ether oxygens (including phenoxy) is 1. The molecular weight excluding hydrogens is 365 g/mol. The highest BCUT2D eigenvalue weighted by molar-refractivity contribution is 5.62. The standard InChI is InChI=1S/C22H17F3N2O/c1-14(2)16-6-8-17(9-7-16)20-10-15(13-26)11-21(27-20)28-19-5-3-4-18(12-19)22(23,24)25/h3-12,14H,1-2H3. The third-order valence-electron chi connectivity index (χ3n) is 4.19. The van der Waals surface area contributed by atoms with Gasteiger partial charge in [-0.2, -0.15) is 18.4 Å². The molecule has 0 saturated carbocycles. The molecule has 3 aromatic rings. The lowest BCUT2D eigenvalue weighted by atomic mass is 10.0. The number of alkyl halides is 3. The molecule has 1 heterocycles. The Balaban J connectivity index is 1.95. The quantitative estimate of drug-likeness (QED) is 0.514. The van der Waals surface area contributed by atoms with Crippen LogP contribution in [0.15, 0.2) is 60.7 Å². The second-order valence-corrected chi connectivity index (χ2v) is 6.60. The summed E-state index contributed by atoms with van der Waals surface area (Å²) >= 11 is 0. The van der Waals surface area contributed by atoms with E-state index in [1.165, 1.54) is 23.8 Å². The summed E-state index contributed by atoms with van der Waals surface area (Å²) in [6.07, 6.45) is -4.47. The van der Waals surface area contributed by atoms with Gasteiger partial charge in [-0.3, -0.25) is 0 Å². The molecule has 0 N–H and O–H groups in total. The van der Waals surface area contributed by atoms with Crippen LogP contribution < -0.4 is 4.74 Å². The fraction of sp³-hybridized carbons (Fsp3) is 0.182. The summed E-state index contributed by atoms with van der Waals surface area (Å²) in [7, 11) is 0. The third kappa shape index (κ3) is 4.49. The Morgan fingerprint density at radius 2 is 1.71 bits per heavy atom. The van der Waals surface area contributed by atoms with Gasteiger partial charge >= 0.3 is 6.18 Å². The van der Waals surface area contributed by atoms with Gasteiger partial charge in [0.25, 0.3) is 0 Å². The van der Waals surface area contributed by atoms with E-state index in [0.717, 1.165) is 17.7 Å². The first-order valence-electron chi connectivity index (χ1n) is 8.64. The molecule has 0 atom stereocenters. The predicted molar refractivity (Wildman–Crippen MR) is 100.0 cm³/mol. The average Bonchev–Trinajstić information content (AvgIpc) is 2.67. The van der Waals surface area contributed by atoms with Gasteiger partial charge in [-0.1, -0.05) is 44.2 Å². The molecule has 3 nitrogen and oxygen atoms in total. The molecular formula is C22H17F3N2O. The maximum Gasteiger partial charge on any atom is 0.416 e. The van der Waals surface area contributed by atoms with Crippen LogP contribution in [0.25, 0.3) is 11.3 Å². The van der Waals surface area contributed by atoms with Crippen LogP contribution in [0.3, 0.4) is 0 Å². The van der Waals surface area contributed by atoms with E-state index in [0.29, 0.717) is 17.2 Å². The Morgan fingerprint density at radius 1 is 1.00 bits per heavy atom. The second kappa shape index (κ2) is 7.73. The van der Waals surface area contributed by atoms with Gasteiger partial charge in [0.15, 0.2) is 0 Å². The number of pyridine rings is 1. The number of rotatable bonds is 4. The minimum absolute atomic E-state index is 0.00137. The number of hydrogen-bond acceptors (Lipinski definition) is 3. The average molecular weight is 382 g/mol. The van der Waals surface area contributed by atoms with Crippen LogP contribution in [-0.4, -0.2) is 4.98 Å². The van der Waals surface area contributed by atoms with E-state index in [1.807, 2.05) is 30.3 Å². The molecule has 0 saturated heterocycles. The number of nitrogens with zero attached hydrogens (tertiary/aromatic N) is 2. The van der Waals surface area contributed by atoms with Crippen molar-refractivity contribution in [2.24, 2.45) is 0 Å². The third-order valence-corrected chi connectivity index (χ3v) is 4.19. The number of benzene rings is 2. The molecule has 2 aromatic carbocycles. The number of aromatic nitrogens is 1. The van der Waals surface area contributed by atoms with Crippen molar-refractivity contribution in [3.8, 4) is 29.0 Å². The Morgan fingerprint density at radius 3 is 2.32 bits per heavy atom. The van der Waals surface area contributed by atoms with E-state index in [-0.39, 0.29) is 11.6 Å². The molecule has 1 aromatic heterocycles. The number of halogens is 3. The normalized spacial score (nSPS) is 11.3. The summed E-state index contributed by atoms with van der Waals surface area (Å²) in [5, 5.41) is 9.29. The fourth-order valence-electron chi connectivity index (χ4n) is 2.67. The maximum atomic E-state index is 12.9. The van der Waals surface area contributed by atoms with Gasteiger partial charge in [0.05, 0.1) is 22.9 Å². The Bertz CT molecular complexity index is 1020. The summed E-state index contributed by atoms with van der Waals surface area (Å²) < 4.78 is 44.2. The van der Waals surface area contributed by atoms with Crippen molar-refractivity contribution < 1.29 is 17.9 Å². The van der Waals surface area contributed by atoms with E-state index >= 15 is 0 Å². The molecule has 0 amide bonds. The zero-order valence-corrected chi connectivity index (χ0v) is 15.3. The highest BCUT2D eigenvalue weighted by Crippen LogP contribution is 2.33. The SMILES string of the molecule is CC(C)c1ccc(-c2cc(C#N)cc(Oc3cccc(C(F)(F)F)c3)n2)cc1. The van der Waals surface area contributed by atoms with Gasteiger partial charge in [-0.25, -0.2) is 4.98 Å². The molecule has 3 rings (SSSR count). The topological polar surface area (TPSA) is 45.9 Å². The van der Waals surface area contributed by atoms with Crippen molar-refractivity contribution in [2.75, 3.05) is 0 Å². The Hall–Kier alpha value is -3.33. The van der Waals surface area contributed by atoms with Crippen LogP contribution in [0.2, 0.25) is 0 Å². The fourth-order valence-corrected chi connectivity index (χ4v) is 2.67. The maximum absolute atomic E-state index is 12.9. The van der Waals surface area contributed by atoms with Gasteiger partial charge in [-0.05, 0) is 35.7 Å². The molecule has 28 heavy (non-hydrogen) atoms. The van der Waals surface area contributed by atoms with Gasteiger partial charge in [0.1, 0.15) is 5.75 Å². The van der Waals surface area contributed by atoms with Crippen LogP contribution in [0.5, 0.6) is 11.6 Å². The first kappa shape index (κ1) is 19.4. The van der Waals surface area contributed by atoms with E-state index < -0.39 is 11.7 Å². The number of hydrogen-bond donors (Lipinski definition) is 0. The largest absolute Gasteiger partial charge is 0.439 e. The molecule has 0 aliphatic heterocycles. The molecule has 6 heteroatoms. The first-order valence-corrected chi connectivity index (χ1v) is 8.64. The molecule has 0 bridgehead atoms. The number of nitriles is 1. The molecule has 0 unspecified atom stereocenters. The van der Waals surface area contributed by atoms with Crippen molar-refractivity contribution in [3.05, 3.63) is 77.4 Å².